The lowest BCUT2D eigenvalue weighted by molar-refractivity contribution is -0.139. The molecule has 0 bridgehead atoms. The molecule has 118 valence electrons. The van der Waals surface area contributed by atoms with Crippen LogP contribution in [-0.2, 0) is 16.1 Å². The molecule has 3 rings (SSSR count). The van der Waals surface area contributed by atoms with E-state index >= 15 is 0 Å². The van der Waals surface area contributed by atoms with Crippen molar-refractivity contribution < 1.29 is 9.53 Å². The average Bonchev–Trinajstić information content (AvgIpc) is 3.18. The Labute approximate surface area is 130 Å². The minimum absolute atomic E-state index is 0.0659. The summed E-state index contributed by atoms with van der Waals surface area (Å²) in [6, 6.07) is 3.61. The van der Waals surface area contributed by atoms with Crippen molar-refractivity contribution in [2.24, 2.45) is 0 Å². The summed E-state index contributed by atoms with van der Waals surface area (Å²) in [4.78, 5) is 26.2. The third kappa shape index (κ3) is 2.95. The van der Waals surface area contributed by atoms with Gasteiger partial charge in [-0.25, -0.2) is 4.79 Å². The van der Waals surface area contributed by atoms with Crippen molar-refractivity contribution in [2.45, 2.75) is 26.0 Å². The van der Waals surface area contributed by atoms with Crippen LogP contribution >= 0.6 is 11.3 Å². The van der Waals surface area contributed by atoms with Crippen LogP contribution in [0, 0.1) is 0 Å². The van der Waals surface area contributed by atoms with Crippen molar-refractivity contribution >= 4 is 17.2 Å². The Kier molecular flexibility index (Phi) is 4.34. The zero-order chi connectivity index (χ0) is 15.5. The number of aromatic nitrogens is 4. The largest absolute Gasteiger partial charge is 0.375 e. The maximum atomic E-state index is 12.3. The van der Waals surface area contributed by atoms with Crippen LogP contribution < -0.4 is 5.69 Å². The van der Waals surface area contributed by atoms with Crippen LogP contribution in [0.15, 0.2) is 22.3 Å². The molecule has 0 saturated carbocycles. The zero-order valence-corrected chi connectivity index (χ0v) is 13.0. The second kappa shape index (κ2) is 6.41. The van der Waals surface area contributed by atoms with Gasteiger partial charge >= 0.3 is 5.69 Å². The fourth-order valence-electron chi connectivity index (χ4n) is 2.32. The van der Waals surface area contributed by atoms with E-state index in [0.717, 1.165) is 11.1 Å². The van der Waals surface area contributed by atoms with Gasteiger partial charge in [0.25, 0.3) is 0 Å². The van der Waals surface area contributed by atoms with Gasteiger partial charge in [0.05, 0.1) is 12.7 Å². The first-order chi connectivity index (χ1) is 10.7. The highest BCUT2D eigenvalue weighted by Gasteiger charge is 2.24. The van der Waals surface area contributed by atoms with Crippen molar-refractivity contribution in [3.05, 3.63) is 28.0 Å². The van der Waals surface area contributed by atoms with Gasteiger partial charge < -0.3 is 9.64 Å². The highest BCUT2D eigenvalue weighted by molar-refractivity contribution is 7.12. The third-order valence-corrected chi connectivity index (χ3v) is 4.43. The molecule has 0 N–H and O–H groups in total. The van der Waals surface area contributed by atoms with Gasteiger partial charge in [0.15, 0.2) is 0 Å². The molecule has 0 aliphatic carbocycles. The maximum absolute atomic E-state index is 12.3. The number of nitrogens with zero attached hydrogens (tertiary/aromatic N) is 5. The average molecular weight is 323 g/mol. The van der Waals surface area contributed by atoms with Crippen LogP contribution in [0.3, 0.4) is 0 Å². The first kappa shape index (κ1) is 14.9. The van der Waals surface area contributed by atoms with Crippen molar-refractivity contribution in [2.75, 3.05) is 19.7 Å². The molecule has 1 amide bonds. The van der Waals surface area contributed by atoms with Gasteiger partial charge in [-0.1, -0.05) is 6.92 Å². The van der Waals surface area contributed by atoms with Gasteiger partial charge in [0.1, 0.15) is 11.5 Å². The standard InChI is InChI=1S/C13H17N5O3S/c1-2-10-8-16(5-6-21-10)11(19)9-17-13(20)18(15-14-17)12-4-3-7-22-12/h3-4,7,10H,2,5-6,8-9H2,1H3/t10-/m1/s1. The van der Waals surface area contributed by atoms with E-state index in [0.29, 0.717) is 24.7 Å². The summed E-state index contributed by atoms with van der Waals surface area (Å²) in [6.07, 6.45) is 0.925. The highest BCUT2D eigenvalue weighted by atomic mass is 32.1. The van der Waals surface area contributed by atoms with Crippen LogP contribution in [0.4, 0.5) is 0 Å². The number of carbonyl (C=O) groups excluding carboxylic acids is 1. The molecule has 1 aliphatic heterocycles. The maximum Gasteiger partial charge on any atom is 0.369 e. The predicted octanol–water partition coefficient (Wildman–Crippen LogP) is 0.128. The summed E-state index contributed by atoms with van der Waals surface area (Å²) in [7, 11) is 0. The summed E-state index contributed by atoms with van der Waals surface area (Å²) < 4.78 is 7.84. The van der Waals surface area contributed by atoms with Crippen LogP contribution in [-0.4, -0.2) is 56.4 Å². The molecule has 1 fully saturated rings. The second-order valence-corrected chi connectivity index (χ2v) is 5.95. The minimum atomic E-state index is -0.406. The molecule has 9 heteroatoms. The van der Waals surface area contributed by atoms with Crippen LogP contribution in [0.25, 0.3) is 5.00 Å². The predicted molar refractivity (Wildman–Crippen MR) is 80.1 cm³/mol. The fraction of sp³-hybridized carbons (Fsp3) is 0.538. The number of amides is 1. The lowest BCUT2D eigenvalue weighted by Crippen LogP contribution is -2.47. The van der Waals surface area contributed by atoms with Gasteiger partial charge in [-0.15, -0.1) is 11.3 Å². The quantitative estimate of drug-likeness (QED) is 0.799. The summed E-state index contributed by atoms with van der Waals surface area (Å²) in [5, 5.41) is 10.1. The van der Waals surface area contributed by atoms with Gasteiger partial charge in [-0.2, -0.15) is 9.36 Å². The molecule has 2 aromatic rings. The number of thiophene rings is 1. The molecule has 22 heavy (non-hydrogen) atoms. The second-order valence-electron chi connectivity index (χ2n) is 5.02. The molecule has 8 nitrogen and oxygen atoms in total. The monoisotopic (exact) mass is 323 g/mol. The number of morpholine rings is 1. The van der Waals surface area contributed by atoms with E-state index in [-0.39, 0.29) is 18.6 Å². The molecule has 0 unspecified atom stereocenters. The van der Waals surface area contributed by atoms with E-state index in [4.69, 9.17) is 4.74 Å². The van der Waals surface area contributed by atoms with Crippen LogP contribution in [0.5, 0.6) is 0 Å². The summed E-state index contributed by atoms with van der Waals surface area (Å²) >= 11 is 1.39. The minimum Gasteiger partial charge on any atom is -0.375 e. The normalized spacial score (nSPS) is 18.6. The van der Waals surface area contributed by atoms with Crippen molar-refractivity contribution in [3.8, 4) is 5.00 Å². The Hall–Kier alpha value is -2.00. The Balaban J connectivity index is 1.71. The molecule has 1 aliphatic rings. The molecule has 0 aromatic carbocycles. The number of rotatable bonds is 4. The van der Waals surface area contributed by atoms with Crippen LogP contribution in [0.1, 0.15) is 13.3 Å². The Morgan fingerprint density at radius 1 is 1.50 bits per heavy atom. The number of tetrazole rings is 1. The number of hydrogen-bond donors (Lipinski definition) is 0. The van der Waals surface area contributed by atoms with E-state index in [1.165, 1.54) is 16.0 Å². The lowest BCUT2D eigenvalue weighted by Gasteiger charge is -2.32. The Morgan fingerprint density at radius 2 is 2.36 bits per heavy atom. The molecule has 2 aromatic heterocycles. The third-order valence-electron chi connectivity index (χ3n) is 3.59. The van der Waals surface area contributed by atoms with Gasteiger partial charge in [-0.3, -0.25) is 4.79 Å². The smallest absolute Gasteiger partial charge is 0.369 e. The molecular weight excluding hydrogens is 306 g/mol. The summed E-state index contributed by atoms with van der Waals surface area (Å²) in [6.45, 7) is 3.56. The van der Waals surface area contributed by atoms with E-state index < -0.39 is 5.69 Å². The van der Waals surface area contributed by atoms with Crippen molar-refractivity contribution in [3.63, 3.8) is 0 Å². The zero-order valence-electron chi connectivity index (χ0n) is 12.2. The Bertz CT molecular complexity index is 693. The molecule has 1 saturated heterocycles. The molecular formula is C13H17N5O3S. The molecule has 3 heterocycles. The number of ether oxygens (including phenoxy) is 1. The molecule has 0 radical (unpaired) electrons. The van der Waals surface area contributed by atoms with E-state index in [9.17, 15) is 9.59 Å². The summed E-state index contributed by atoms with van der Waals surface area (Å²) in [5.74, 6) is -0.137. The number of hydrogen-bond acceptors (Lipinski definition) is 6. The molecule has 0 spiro atoms. The Morgan fingerprint density at radius 3 is 3.09 bits per heavy atom. The highest BCUT2D eigenvalue weighted by Crippen LogP contribution is 2.11. The van der Waals surface area contributed by atoms with Gasteiger partial charge in [0, 0.05) is 13.1 Å². The van der Waals surface area contributed by atoms with E-state index in [2.05, 4.69) is 10.4 Å². The van der Waals surface area contributed by atoms with Crippen molar-refractivity contribution in [1.29, 1.82) is 0 Å². The summed E-state index contributed by atoms with van der Waals surface area (Å²) in [5.41, 5.74) is -0.406. The topological polar surface area (TPSA) is 82.3 Å². The fourth-order valence-corrected chi connectivity index (χ4v) is 2.99. The SMILES string of the molecule is CC[C@@H]1CN(C(=O)Cn2nnn(-c3cccs3)c2=O)CCO1. The van der Waals surface area contributed by atoms with Gasteiger partial charge in [-0.05, 0) is 34.4 Å². The first-order valence-corrected chi connectivity index (χ1v) is 8.03. The lowest BCUT2D eigenvalue weighted by atomic mass is 10.2. The van der Waals surface area contributed by atoms with E-state index in [1.807, 2.05) is 18.4 Å². The van der Waals surface area contributed by atoms with E-state index in [1.54, 1.807) is 11.0 Å². The molecule has 1 atom stereocenters. The van der Waals surface area contributed by atoms with Crippen LogP contribution in [0.2, 0.25) is 0 Å². The first-order valence-electron chi connectivity index (χ1n) is 7.15. The van der Waals surface area contributed by atoms with Gasteiger partial charge in [0.2, 0.25) is 5.91 Å². The van der Waals surface area contributed by atoms with Crippen molar-refractivity contribution in [1.82, 2.24) is 24.7 Å². The number of carbonyl (C=O) groups is 1.